The number of hydrogen-bond acceptors (Lipinski definition) is 4. The van der Waals surface area contributed by atoms with Crippen molar-refractivity contribution >= 4 is 34.9 Å². The molecule has 0 spiro atoms. The zero-order valence-electron chi connectivity index (χ0n) is 18.5. The van der Waals surface area contributed by atoms with Gasteiger partial charge >= 0.3 is 0 Å². The highest BCUT2D eigenvalue weighted by atomic mass is 35.5. The third-order valence-corrected chi connectivity index (χ3v) is 6.52. The van der Waals surface area contributed by atoms with Crippen molar-refractivity contribution in [3.05, 3.63) is 51.6 Å². The van der Waals surface area contributed by atoms with E-state index in [0.717, 1.165) is 6.07 Å². The molecule has 0 atom stereocenters. The van der Waals surface area contributed by atoms with Crippen molar-refractivity contribution in [2.75, 3.05) is 5.32 Å². The first-order chi connectivity index (χ1) is 14.9. The molecule has 0 radical (unpaired) electrons. The van der Waals surface area contributed by atoms with Gasteiger partial charge in [-0.05, 0) is 70.2 Å². The van der Waals surface area contributed by atoms with Crippen LogP contribution in [0.5, 0.6) is 0 Å². The molecule has 0 bridgehead atoms. The van der Waals surface area contributed by atoms with Crippen molar-refractivity contribution < 1.29 is 23.9 Å². The van der Waals surface area contributed by atoms with Crippen LogP contribution in [0.3, 0.4) is 0 Å². The molecule has 2 aromatic rings. The summed E-state index contributed by atoms with van der Waals surface area (Å²) < 4.78 is 14.9. The first kappa shape index (κ1) is 23.9. The summed E-state index contributed by atoms with van der Waals surface area (Å²) in [5.41, 5.74) is 1.01. The van der Waals surface area contributed by atoms with E-state index in [-0.39, 0.29) is 22.4 Å². The number of hydrogen-bond donors (Lipinski definition) is 3. The van der Waals surface area contributed by atoms with E-state index >= 15 is 0 Å². The molecule has 1 aliphatic carbocycles. The highest BCUT2D eigenvalue weighted by Gasteiger charge is 2.35. The summed E-state index contributed by atoms with van der Waals surface area (Å²) in [7, 11) is 1.62. The number of aliphatic hydroxyl groups excluding tert-OH is 1. The van der Waals surface area contributed by atoms with Crippen LogP contribution >= 0.6 is 11.6 Å². The molecule has 3 N–H and O–H groups in total. The maximum atomic E-state index is 13.4. The minimum absolute atomic E-state index is 0.124. The molecular weight excluding hydrogens is 437 g/mol. The molecule has 3 rings (SSSR count). The fraction of sp³-hybridized carbons (Fsp3) is 0.435. The molecule has 0 unspecified atom stereocenters. The summed E-state index contributed by atoms with van der Waals surface area (Å²) in [4.78, 5) is 38.7. The van der Waals surface area contributed by atoms with Gasteiger partial charge in [0.1, 0.15) is 5.82 Å². The zero-order valence-corrected chi connectivity index (χ0v) is 19.3. The maximum Gasteiger partial charge on any atom is 0.294 e. The number of nitrogens with zero attached hydrogens (tertiary/aromatic N) is 1. The minimum Gasteiger partial charge on any atom is -0.393 e. The average Bonchev–Trinajstić information content (AvgIpc) is 2.95. The van der Waals surface area contributed by atoms with Gasteiger partial charge in [-0.1, -0.05) is 11.6 Å². The van der Waals surface area contributed by atoms with Crippen LogP contribution in [-0.2, 0) is 11.8 Å². The quantitative estimate of drug-likeness (QED) is 0.465. The normalized spacial score (nSPS) is 20.7. The Morgan fingerprint density at radius 1 is 1.22 bits per heavy atom. The number of benzene rings is 1. The molecule has 1 saturated carbocycles. The molecule has 1 heterocycles. The van der Waals surface area contributed by atoms with Gasteiger partial charge in [-0.15, -0.1) is 0 Å². The lowest BCUT2D eigenvalue weighted by Gasteiger charge is -2.36. The van der Waals surface area contributed by atoms with Crippen molar-refractivity contribution in [3.8, 4) is 0 Å². The summed E-state index contributed by atoms with van der Waals surface area (Å²) in [6.07, 6.45) is 1.89. The maximum absolute atomic E-state index is 13.4. The summed E-state index contributed by atoms with van der Waals surface area (Å²) >= 11 is 5.78. The molecule has 1 aromatic heterocycles. The number of amides is 2. The van der Waals surface area contributed by atoms with Crippen molar-refractivity contribution in [3.63, 3.8) is 0 Å². The number of halogens is 2. The predicted octanol–water partition coefficient (Wildman–Crippen LogP) is 3.68. The molecule has 2 amide bonds. The molecular formula is C23H27ClFN3O4. The molecule has 1 aromatic carbocycles. The Morgan fingerprint density at radius 3 is 2.44 bits per heavy atom. The van der Waals surface area contributed by atoms with Gasteiger partial charge in [0.15, 0.2) is 0 Å². The van der Waals surface area contributed by atoms with Gasteiger partial charge in [-0.3, -0.25) is 14.4 Å². The van der Waals surface area contributed by atoms with Crippen molar-refractivity contribution in [2.45, 2.75) is 58.1 Å². The second-order valence-corrected chi connectivity index (χ2v) is 9.06. The molecule has 32 heavy (non-hydrogen) atoms. The average molecular weight is 464 g/mol. The Bertz CT molecular complexity index is 1090. The highest BCUT2D eigenvalue weighted by molar-refractivity contribution is 6.43. The number of anilines is 1. The van der Waals surface area contributed by atoms with Crippen molar-refractivity contribution in [1.29, 1.82) is 0 Å². The zero-order chi connectivity index (χ0) is 23.8. The van der Waals surface area contributed by atoms with Crippen LogP contribution in [0.4, 0.5) is 10.1 Å². The summed E-state index contributed by atoms with van der Waals surface area (Å²) in [5.74, 6) is -2.57. The number of aromatic nitrogens is 1. The smallest absolute Gasteiger partial charge is 0.294 e. The number of Topliss-reactive ketones (excluding diaryl/α,β-unsaturated/α-hetero) is 1. The molecule has 9 heteroatoms. The number of rotatable bonds is 5. The Labute approximate surface area is 190 Å². The van der Waals surface area contributed by atoms with Crippen LogP contribution in [0.1, 0.15) is 64.7 Å². The molecule has 172 valence electrons. The molecule has 0 aliphatic heterocycles. The van der Waals surface area contributed by atoms with Crippen molar-refractivity contribution in [1.82, 2.24) is 9.88 Å². The van der Waals surface area contributed by atoms with Gasteiger partial charge in [0.25, 0.3) is 17.6 Å². The largest absolute Gasteiger partial charge is 0.393 e. The van der Waals surface area contributed by atoms with Crippen LogP contribution in [0.25, 0.3) is 0 Å². The Kier molecular flexibility index (Phi) is 6.76. The number of carbonyl (C=O) groups is 3. The van der Waals surface area contributed by atoms with Crippen LogP contribution in [0.2, 0.25) is 5.02 Å². The molecule has 1 fully saturated rings. The van der Waals surface area contributed by atoms with E-state index in [1.807, 2.05) is 6.92 Å². The monoisotopic (exact) mass is 463 g/mol. The van der Waals surface area contributed by atoms with Gasteiger partial charge in [0.2, 0.25) is 0 Å². The van der Waals surface area contributed by atoms with E-state index in [2.05, 4.69) is 10.6 Å². The number of nitrogens with one attached hydrogen (secondary N) is 2. The van der Waals surface area contributed by atoms with Crippen molar-refractivity contribution in [2.24, 2.45) is 7.05 Å². The first-order valence-corrected chi connectivity index (χ1v) is 10.8. The lowest BCUT2D eigenvalue weighted by Crippen LogP contribution is -2.51. The second kappa shape index (κ2) is 9.03. The van der Waals surface area contributed by atoms with Gasteiger partial charge < -0.3 is 20.3 Å². The highest BCUT2D eigenvalue weighted by Crippen LogP contribution is 2.29. The first-order valence-electron chi connectivity index (χ1n) is 10.4. The minimum atomic E-state index is -0.745. The summed E-state index contributed by atoms with van der Waals surface area (Å²) in [6, 6.07) is 3.82. The van der Waals surface area contributed by atoms with E-state index < -0.39 is 29.0 Å². The lowest BCUT2D eigenvalue weighted by molar-refractivity contribution is -0.119. The Hall–Kier alpha value is -2.71. The van der Waals surface area contributed by atoms with Crippen LogP contribution in [-0.4, -0.2) is 38.9 Å². The number of carbonyl (C=O) groups excluding carboxylic acids is 3. The van der Waals surface area contributed by atoms with E-state index in [1.165, 1.54) is 16.7 Å². The summed E-state index contributed by atoms with van der Waals surface area (Å²) in [5, 5.41) is 15.1. The third kappa shape index (κ3) is 4.71. The molecule has 1 aliphatic rings. The van der Waals surface area contributed by atoms with E-state index in [4.69, 9.17) is 11.6 Å². The molecule has 0 saturated heterocycles. The topological polar surface area (TPSA) is 100 Å². The van der Waals surface area contributed by atoms with Crippen LogP contribution in [0, 0.1) is 19.7 Å². The van der Waals surface area contributed by atoms with E-state index in [1.54, 1.807) is 20.9 Å². The van der Waals surface area contributed by atoms with Crippen LogP contribution < -0.4 is 10.6 Å². The predicted molar refractivity (Wildman–Crippen MR) is 120 cm³/mol. The lowest BCUT2D eigenvalue weighted by atomic mass is 9.82. The standard InChI is InChI=1S/C23H27ClFN3O4/c1-12-18(21(31)26-14-5-6-17(25)16(24)11-14)13(2)28(4)19(12)20(30)22(32)27-23(3)9-7-15(29)8-10-23/h5-6,11,15,29H,7-10H2,1-4H3,(H,26,31)(H,27,32)/t15-,23-. The number of ketones is 1. The summed E-state index contributed by atoms with van der Waals surface area (Å²) in [6.45, 7) is 5.15. The van der Waals surface area contributed by atoms with Gasteiger partial charge in [0, 0.05) is 24.0 Å². The van der Waals surface area contributed by atoms with Gasteiger partial charge in [-0.25, -0.2) is 4.39 Å². The van der Waals surface area contributed by atoms with Gasteiger partial charge in [-0.2, -0.15) is 0 Å². The number of aliphatic hydroxyl groups is 1. The van der Waals surface area contributed by atoms with Crippen LogP contribution in [0.15, 0.2) is 18.2 Å². The third-order valence-electron chi connectivity index (χ3n) is 6.23. The fourth-order valence-corrected chi connectivity index (χ4v) is 4.39. The van der Waals surface area contributed by atoms with Gasteiger partial charge in [0.05, 0.1) is 22.4 Å². The fourth-order valence-electron chi connectivity index (χ4n) is 4.20. The second-order valence-electron chi connectivity index (χ2n) is 8.65. The molecule has 7 nitrogen and oxygen atoms in total. The Balaban J connectivity index is 1.83. The SMILES string of the molecule is Cc1c(C(=O)Nc2ccc(F)c(Cl)c2)c(C)n(C)c1C(=O)C(=O)N[C@]1(C)CC[C@@H](O)CC1. The van der Waals surface area contributed by atoms with E-state index in [9.17, 15) is 23.9 Å². The Morgan fingerprint density at radius 2 is 1.84 bits per heavy atom. The van der Waals surface area contributed by atoms with E-state index in [0.29, 0.717) is 42.6 Å².